The zero-order valence-electron chi connectivity index (χ0n) is 11.8. The van der Waals surface area contributed by atoms with E-state index >= 15 is 0 Å². The van der Waals surface area contributed by atoms with E-state index in [2.05, 4.69) is 17.0 Å². The van der Waals surface area contributed by atoms with E-state index in [9.17, 15) is 4.79 Å². The van der Waals surface area contributed by atoms with Gasteiger partial charge in [-0.3, -0.25) is 14.0 Å². The van der Waals surface area contributed by atoms with Gasteiger partial charge in [-0.25, -0.2) is 4.98 Å². The van der Waals surface area contributed by atoms with Crippen LogP contribution in [0.15, 0.2) is 0 Å². The lowest BCUT2D eigenvalue weighted by Gasteiger charge is -2.12. The van der Waals surface area contributed by atoms with E-state index in [4.69, 9.17) is 5.73 Å². The number of likely N-dealkylation sites (N-methyl/N-ethyl adjacent to an activating group) is 1. The number of nitrogens with zero attached hydrogens (tertiary/aromatic N) is 5. The first-order chi connectivity index (χ1) is 8.95. The molecule has 0 aliphatic rings. The van der Waals surface area contributed by atoms with Gasteiger partial charge in [-0.05, 0) is 6.42 Å². The van der Waals surface area contributed by atoms with E-state index in [1.54, 1.807) is 23.3 Å². The number of aryl methyl sites for hydroxylation is 2. The molecule has 0 atom stereocenters. The Kier molecular flexibility index (Phi) is 3.46. The molecule has 0 saturated carbocycles. The largest absolute Gasteiger partial charge is 0.369 e. The first-order valence-electron chi connectivity index (χ1n) is 6.33. The summed E-state index contributed by atoms with van der Waals surface area (Å²) in [5.74, 6) is 0.333. The highest BCUT2D eigenvalue weighted by atomic mass is 16.2. The van der Waals surface area contributed by atoms with Crippen LogP contribution in [-0.4, -0.2) is 44.2 Å². The summed E-state index contributed by atoms with van der Waals surface area (Å²) in [6.07, 6.45) is 1.85. The predicted octanol–water partition coefficient (Wildman–Crippen LogP) is 0.393. The van der Waals surface area contributed by atoms with Crippen LogP contribution in [0.3, 0.4) is 0 Å². The van der Waals surface area contributed by atoms with Crippen LogP contribution in [0.4, 0.5) is 5.95 Å². The van der Waals surface area contributed by atoms with Gasteiger partial charge in [0.25, 0.3) is 0 Å². The molecular formula is C12H20N6O. The maximum atomic E-state index is 11.8. The highest BCUT2D eigenvalue weighted by Crippen LogP contribution is 2.21. The molecule has 2 aromatic rings. The third kappa shape index (κ3) is 2.27. The van der Waals surface area contributed by atoms with Crippen molar-refractivity contribution in [3.05, 3.63) is 5.69 Å². The number of fused-ring (bicyclic) bond motifs is 1. The molecule has 104 valence electrons. The fourth-order valence-corrected chi connectivity index (χ4v) is 2.10. The molecule has 0 bridgehead atoms. The number of hydrogen-bond donors (Lipinski definition) is 1. The smallest absolute Gasteiger partial charge is 0.242 e. The van der Waals surface area contributed by atoms with Crippen LogP contribution in [0.2, 0.25) is 0 Å². The molecule has 2 rings (SSSR count). The topological polar surface area (TPSA) is 82.0 Å². The predicted molar refractivity (Wildman–Crippen MR) is 73.6 cm³/mol. The average molecular weight is 264 g/mol. The van der Waals surface area contributed by atoms with Gasteiger partial charge in [0.05, 0.1) is 5.69 Å². The van der Waals surface area contributed by atoms with Crippen LogP contribution in [0, 0.1) is 0 Å². The Morgan fingerprint density at radius 2 is 2.11 bits per heavy atom. The monoisotopic (exact) mass is 264 g/mol. The minimum Gasteiger partial charge on any atom is -0.369 e. The van der Waals surface area contributed by atoms with Gasteiger partial charge in [0.1, 0.15) is 12.1 Å². The Hall–Kier alpha value is -2.05. The lowest BCUT2D eigenvalue weighted by atomic mass is 10.2. The number of carbonyl (C=O) groups is 1. The Morgan fingerprint density at radius 1 is 1.42 bits per heavy atom. The van der Waals surface area contributed by atoms with Gasteiger partial charge in [0, 0.05) is 21.1 Å². The Bertz CT molecular complexity index is 609. The molecule has 0 fully saturated rings. The molecule has 2 N–H and O–H groups in total. The molecule has 0 aromatic carbocycles. The lowest BCUT2D eigenvalue weighted by Crippen LogP contribution is -2.27. The highest BCUT2D eigenvalue weighted by Gasteiger charge is 2.19. The lowest BCUT2D eigenvalue weighted by molar-refractivity contribution is -0.129. The van der Waals surface area contributed by atoms with Crippen molar-refractivity contribution in [1.82, 2.24) is 24.2 Å². The van der Waals surface area contributed by atoms with Crippen LogP contribution < -0.4 is 5.73 Å². The molecular weight excluding hydrogens is 244 g/mol. The number of nitrogens with two attached hydrogens (primary N) is 1. The summed E-state index contributed by atoms with van der Waals surface area (Å²) in [6, 6.07) is 0. The van der Waals surface area contributed by atoms with Crippen molar-refractivity contribution in [2.45, 2.75) is 26.3 Å². The Morgan fingerprint density at radius 3 is 2.68 bits per heavy atom. The van der Waals surface area contributed by atoms with Crippen molar-refractivity contribution >= 4 is 23.0 Å². The summed E-state index contributed by atoms with van der Waals surface area (Å²) in [6.45, 7) is 2.27. The summed E-state index contributed by atoms with van der Waals surface area (Å²) in [4.78, 5) is 17.7. The maximum Gasteiger partial charge on any atom is 0.242 e. The van der Waals surface area contributed by atoms with Gasteiger partial charge in [0.2, 0.25) is 11.9 Å². The molecule has 7 heteroatoms. The number of rotatable bonds is 4. The molecule has 19 heavy (non-hydrogen) atoms. The summed E-state index contributed by atoms with van der Waals surface area (Å²) < 4.78 is 3.45. The minimum atomic E-state index is -0.0239. The number of nitrogen functional groups attached to an aromatic ring is 1. The van der Waals surface area contributed by atoms with Gasteiger partial charge >= 0.3 is 0 Å². The normalized spacial score (nSPS) is 11.2. The molecule has 0 saturated heterocycles. The van der Waals surface area contributed by atoms with Crippen molar-refractivity contribution < 1.29 is 4.79 Å². The minimum absolute atomic E-state index is 0.0239. The summed E-state index contributed by atoms with van der Waals surface area (Å²) in [5.41, 5.74) is 8.45. The van der Waals surface area contributed by atoms with Crippen LogP contribution in [0.5, 0.6) is 0 Å². The van der Waals surface area contributed by atoms with E-state index in [-0.39, 0.29) is 12.5 Å². The van der Waals surface area contributed by atoms with Crippen molar-refractivity contribution in [2.24, 2.45) is 7.05 Å². The fourth-order valence-electron chi connectivity index (χ4n) is 2.10. The van der Waals surface area contributed by atoms with Gasteiger partial charge < -0.3 is 10.6 Å². The molecule has 2 heterocycles. The van der Waals surface area contributed by atoms with Crippen molar-refractivity contribution in [3.8, 4) is 0 Å². The van der Waals surface area contributed by atoms with Crippen LogP contribution in [0.25, 0.3) is 11.2 Å². The summed E-state index contributed by atoms with van der Waals surface area (Å²) >= 11 is 0. The fraction of sp³-hybridized carbons (Fsp3) is 0.583. The van der Waals surface area contributed by atoms with Gasteiger partial charge in [-0.1, -0.05) is 13.3 Å². The molecule has 1 amide bonds. The molecule has 0 unspecified atom stereocenters. The van der Waals surface area contributed by atoms with E-state index in [1.807, 2.05) is 7.05 Å². The second-order valence-electron chi connectivity index (χ2n) is 4.84. The molecule has 2 aromatic heterocycles. The number of amides is 1. The first kappa shape index (κ1) is 13.4. The standard InChI is InChI=1S/C12H20N6O/c1-5-6-8-10-11(17(4)15-8)18(12(13)14-10)7-9(19)16(2)3/h5-7H2,1-4H3,(H2,13,14). The number of carbonyl (C=O) groups excluding carboxylic acids is 1. The van der Waals surface area contributed by atoms with E-state index in [1.165, 1.54) is 4.90 Å². The first-order valence-corrected chi connectivity index (χ1v) is 6.33. The third-order valence-electron chi connectivity index (χ3n) is 3.10. The number of hydrogen-bond acceptors (Lipinski definition) is 4. The molecule has 7 nitrogen and oxygen atoms in total. The van der Waals surface area contributed by atoms with Crippen molar-refractivity contribution in [3.63, 3.8) is 0 Å². The Labute approximate surface area is 112 Å². The SMILES string of the molecule is CCCc1nn(C)c2c1nc(N)n2CC(=O)N(C)C. The van der Waals surface area contributed by atoms with Crippen molar-refractivity contribution in [2.75, 3.05) is 19.8 Å². The molecule has 0 spiro atoms. The van der Waals surface area contributed by atoms with E-state index in [0.29, 0.717) is 5.95 Å². The van der Waals surface area contributed by atoms with Crippen LogP contribution in [0.1, 0.15) is 19.0 Å². The van der Waals surface area contributed by atoms with E-state index < -0.39 is 0 Å². The number of anilines is 1. The molecule has 0 aliphatic carbocycles. The van der Waals surface area contributed by atoms with E-state index in [0.717, 1.165) is 29.7 Å². The maximum absolute atomic E-state index is 11.8. The Balaban J connectivity index is 2.49. The summed E-state index contributed by atoms with van der Waals surface area (Å²) in [5, 5.41) is 4.45. The second-order valence-corrected chi connectivity index (χ2v) is 4.84. The average Bonchev–Trinajstić information content (AvgIpc) is 2.80. The zero-order valence-corrected chi connectivity index (χ0v) is 11.8. The van der Waals surface area contributed by atoms with Crippen molar-refractivity contribution in [1.29, 1.82) is 0 Å². The molecule has 0 aliphatic heterocycles. The van der Waals surface area contributed by atoms with Gasteiger partial charge in [-0.2, -0.15) is 5.10 Å². The van der Waals surface area contributed by atoms with Crippen LogP contribution >= 0.6 is 0 Å². The third-order valence-corrected chi connectivity index (χ3v) is 3.10. The quantitative estimate of drug-likeness (QED) is 0.866. The molecule has 0 radical (unpaired) electrons. The number of aromatic nitrogens is 4. The summed E-state index contributed by atoms with van der Waals surface area (Å²) in [7, 11) is 5.29. The van der Waals surface area contributed by atoms with Gasteiger partial charge in [-0.15, -0.1) is 0 Å². The van der Waals surface area contributed by atoms with Gasteiger partial charge in [0.15, 0.2) is 5.65 Å². The zero-order chi connectivity index (χ0) is 14.2. The number of imidazole rings is 1. The van der Waals surface area contributed by atoms with Crippen LogP contribution in [-0.2, 0) is 24.8 Å². The second kappa shape index (κ2) is 4.91. The highest BCUT2D eigenvalue weighted by molar-refractivity contribution is 5.82.